The van der Waals surface area contributed by atoms with Crippen LogP contribution in [0.3, 0.4) is 0 Å². The molecule has 1 atom stereocenters. The molecule has 0 saturated heterocycles. The highest BCUT2D eigenvalue weighted by Crippen LogP contribution is 2.27. The predicted molar refractivity (Wildman–Crippen MR) is 108 cm³/mol. The van der Waals surface area contributed by atoms with Gasteiger partial charge in [-0.2, -0.15) is 0 Å². The highest BCUT2D eigenvalue weighted by Gasteiger charge is 2.35. The van der Waals surface area contributed by atoms with Gasteiger partial charge in [0, 0.05) is 18.1 Å². The SMILES string of the molecule is CCC(C(=O)N1CCc2ccccc2C1)N(c1cccc(Cl)c1)S(C)(=O)=O. The van der Waals surface area contributed by atoms with Gasteiger partial charge in [-0.05, 0) is 42.2 Å². The van der Waals surface area contributed by atoms with Crippen molar-refractivity contribution in [2.24, 2.45) is 0 Å². The van der Waals surface area contributed by atoms with Gasteiger partial charge in [0.15, 0.2) is 0 Å². The zero-order valence-electron chi connectivity index (χ0n) is 15.4. The molecular weight excluding hydrogens is 384 g/mol. The van der Waals surface area contributed by atoms with Gasteiger partial charge in [-0.1, -0.05) is 48.9 Å². The van der Waals surface area contributed by atoms with E-state index in [1.807, 2.05) is 25.1 Å². The van der Waals surface area contributed by atoms with Crippen LogP contribution in [0.25, 0.3) is 0 Å². The number of hydrogen-bond donors (Lipinski definition) is 0. The van der Waals surface area contributed by atoms with Crippen LogP contribution in [0.15, 0.2) is 48.5 Å². The Kier molecular flexibility index (Phi) is 5.77. The van der Waals surface area contributed by atoms with Gasteiger partial charge in [-0.25, -0.2) is 8.42 Å². The van der Waals surface area contributed by atoms with Crippen LogP contribution in [0.1, 0.15) is 24.5 Å². The normalized spacial score (nSPS) is 15.1. The average molecular weight is 407 g/mol. The molecule has 7 heteroatoms. The maximum Gasteiger partial charge on any atom is 0.246 e. The summed E-state index contributed by atoms with van der Waals surface area (Å²) >= 11 is 6.05. The van der Waals surface area contributed by atoms with Crippen molar-refractivity contribution < 1.29 is 13.2 Å². The minimum Gasteiger partial charge on any atom is -0.336 e. The lowest BCUT2D eigenvalue weighted by Gasteiger charge is -2.36. The molecule has 27 heavy (non-hydrogen) atoms. The summed E-state index contributed by atoms with van der Waals surface area (Å²) in [5.41, 5.74) is 2.76. The zero-order chi connectivity index (χ0) is 19.6. The fourth-order valence-electron chi connectivity index (χ4n) is 3.55. The summed E-state index contributed by atoms with van der Waals surface area (Å²) in [5.74, 6) is -0.183. The van der Waals surface area contributed by atoms with Crippen molar-refractivity contribution in [1.82, 2.24) is 4.90 Å². The number of rotatable bonds is 5. The van der Waals surface area contributed by atoms with E-state index in [4.69, 9.17) is 11.6 Å². The van der Waals surface area contributed by atoms with E-state index >= 15 is 0 Å². The molecule has 0 fully saturated rings. The standard InChI is InChI=1S/C20H23ClN2O3S/c1-3-19(23(27(2,25)26)18-10-6-9-17(21)13-18)20(24)22-12-11-15-7-4-5-8-16(15)14-22/h4-10,13,19H,3,11-12,14H2,1-2H3. The Hall–Kier alpha value is -2.05. The third-order valence-electron chi connectivity index (χ3n) is 4.82. The van der Waals surface area contributed by atoms with Gasteiger partial charge in [0.1, 0.15) is 6.04 Å². The molecule has 0 aliphatic carbocycles. The Morgan fingerprint density at radius 2 is 1.89 bits per heavy atom. The van der Waals surface area contributed by atoms with Gasteiger partial charge in [-0.3, -0.25) is 9.10 Å². The summed E-state index contributed by atoms with van der Waals surface area (Å²) < 4.78 is 26.3. The van der Waals surface area contributed by atoms with Gasteiger partial charge >= 0.3 is 0 Å². The molecule has 0 N–H and O–H groups in total. The summed E-state index contributed by atoms with van der Waals surface area (Å²) in [6.07, 6.45) is 2.26. The van der Waals surface area contributed by atoms with Crippen molar-refractivity contribution in [2.75, 3.05) is 17.1 Å². The molecule has 3 rings (SSSR count). The first kappa shape index (κ1) is 19.7. The lowest BCUT2D eigenvalue weighted by molar-refractivity contribution is -0.133. The lowest BCUT2D eigenvalue weighted by atomic mass is 9.99. The van der Waals surface area contributed by atoms with Gasteiger partial charge in [0.2, 0.25) is 15.9 Å². The van der Waals surface area contributed by atoms with Crippen LogP contribution in [0.2, 0.25) is 5.02 Å². The maximum atomic E-state index is 13.3. The van der Waals surface area contributed by atoms with Crippen LogP contribution in [0.4, 0.5) is 5.69 Å². The predicted octanol–water partition coefficient (Wildman–Crippen LogP) is 3.47. The van der Waals surface area contributed by atoms with Crippen molar-refractivity contribution >= 4 is 33.2 Å². The highest BCUT2D eigenvalue weighted by atomic mass is 35.5. The monoisotopic (exact) mass is 406 g/mol. The number of carbonyl (C=O) groups is 1. The smallest absolute Gasteiger partial charge is 0.246 e. The minimum atomic E-state index is -3.66. The van der Waals surface area contributed by atoms with Gasteiger partial charge in [0.05, 0.1) is 11.9 Å². The quantitative estimate of drug-likeness (QED) is 0.763. The fraction of sp³-hybridized carbons (Fsp3) is 0.350. The lowest BCUT2D eigenvalue weighted by Crippen LogP contribution is -2.51. The molecule has 5 nitrogen and oxygen atoms in total. The highest BCUT2D eigenvalue weighted by molar-refractivity contribution is 7.92. The molecule has 1 aliphatic heterocycles. The van der Waals surface area contributed by atoms with E-state index in [-0.39, 0.29) is 5.91 Å². The third-order valence-corrected chi connectivity index (χ3v) is 6.23. The molecule has 0 radical (unpaired) electrons. The molecular formula is C20H23ClN2O3S. The molecule has 1 aliphatic rings. The Morgan fingerprint density at radius 1 is 1.19 bits per heavy atom. The van der Waals surface area contributed by atoms with E-state index in [0.29, 0.717) is 30.2 Å². The Labute approximate surface area is 165 Å². The van der Waals surface area contributed by atoms with Crippen LogP contribution in [-0.2, 0) is 27.8 Å². The van der Waals surface area contributed by atoms with Gasteiger partial charge < -0.3 is 4.90 Å². The van der Waals surface area contributed by atoms with Crippen molar-refractivity contribution in [1.29, 1.82) is 0 Å². The van der Waals surface area contributed by atoms with Crippen LogP contribution >= 0.6 is 11.6 Å². The second-order valence-electron chi connectivity index (χ2n) is 6.74. The van der Waals surface area contributed by atoms with Crippen molar-refractivity contribution in [2.45, 2.75) is 32.4 Å². The Balaban J connectivity index is 1.93. The van der Waals surface area contributed by atoms with Crippen LogP contribution < -0.4 is 4.31 Å². The second-order valence-corrected chi connectivity index (χ2v) is 9.04. The first-order chi connectivity index (χ1) is 12.8. The number of amides is 1. The van der Waals surface area contributed by atoms with E-state index in [0.717, 1.165) is 18.2 Å². The minimum absolute atomic E-state index is 0.183. The number of halogens is 1. The molecule has 0 aromatic heterocycles. The number of sulfonamides is 1. The number of hydrogen-bond acceptors (Lipinski definition) is 3. The molecule has 144 valence electrons. The van der Waals surface area contributed by atoms with E-state index in [1.54, 1.807) is 29.2 Å². The van der Waals surface area contributed by atoms with Crippen LogP contribution in [0.5, 0.6) is 0 Å². The largest absolute Gasteiger partial charge is 0.336 e. The number of nitrogens with zero attached hydrogens (tertiary/aromatic N) is 2. The number of anilines is 1. The van der Waals surface area contributed by atoms with Crippen LogP contribution in [0, 0.1) is 0 Å². The fourth-order valence-corrected chi connectivity index (χ4v) is 4.93. The van der Waals surface area contributed by atoms with Crippen molar-refractivity contribution in [3.8, 4) is 0 Å². The van der Waals surface area contributed by atoms with E-state index in [2.05, 4.69) is 6.07 Å². The Bertz CT molecular complexity index is 946. The van der Waals surface area contributed by atoms with Gasteiger partial charge in [0.25, 0.3) is 0 Å². The molecule has 1 amide bonds. The topological polar surface area (TPSA) is 57.7 Å². The molecule has 2 aromatic rings. The number of fused-ring (bicyclic) bond motifs is 1. The van der Waals surface area contributed by atoms with E-state index in [1.165, 1.54) is 9.87 Å². The molecule has 0 spiro atoms. The van der Waals surface area contributed by atoms with Crippen LogP contribution in [-0.4, -0.2) is 38.1 Å². The molecule has 0 bridgehead atoms. The number of carbonyl (C=O) groups excluding carboxylic acids is 1. The van der Waals surface area contributed by atoms with Crippen molar-refractivity contribution in [3.63, 3.8) is 0 Å². The molecule has 2 aromatic carbocycles. The van der Waals surface area contributed by atoms with Gasteiger partial charge in [-0.15, -0.1) is 0 Å². The second kappa shape index (κ2) is 7.90. The summed E-state index contributed by atoms with van der Waals surface area (Å²) in [7, 11) is -3.66. The summed E-state index contributed by atoms with van der Waals surface area (Å²) in [5, 5.41) is 0.426. The third kappa shape index (κ3) is 4.28. The summed E-state index contributed by atoms with van der Waals surface area (Å²) in [6.45, 7) is 2.90. The zero-order valence-corrected chi connectivity index (χ0v) is 17.0. The summed E-state index contributed by atoms with van der Waals surface area (Å²) in [6, 6.07) is 13.8. The van der Waals surface area contributed by atoms with E-state index in [9.17, 15) is 13.2 Å². The summed E-state index contributed by atoms with van der Waals surface area (Å²) in [4.78, 5) is 15.0. The first-order valence-electron chi connectivity index (χ1n) is 8.91. The molecule has 1 unspecified atom stereocenters. The molecule has 0 saturated carbocycles. The average Bonchev–Trinajstić information content (AvgIpc) is 2.64. The number of benzene rings is 2. The van der Waals surface area contributed by atoms with Crippen molar-refractivity contribution in [3.05, 3.63) is 64.7 Å². The molecule has 1 heterocycles. The first-order valence-corrected chi connectivity index (χ1v) is 11.1. The maximum absolute atomic E-state index is 13.3. The van der Waals surface area contributed by atoms with E-state index < -0.39 is 16.1 Å². The Morgan fingerprint density at radius 3 is 2.52 bits per heavy atom.